The van der Waals surface area contributed by atoms with E-state index < -0.39 is 0 Å². The lowest BCUT2D eigenvalue weighted by atomic mass is 9.84. The van der Waals surface area contributed by atoms with Crippen LogP contribution in [0, 0.1) is 0 Å². The Kier molecular flexibility index (Phi) is 9.13. The lowest BCUT2D eigenvalue weighted by Crippen LogP contribution is -2.31. The van der Waals surface area contributed by atoms with Gasteiger partial charge in [-0.25, -0.2) is 0 Å². The molecule has 38 heavy (non-hydrogen) atoms. The van der Waals surface area contributed by atoms with Gasteiger partial charge in [0.05, 0.1) is 41.1 Å². The SMILES string of the molecule is CCN(CC)c1cc(C(=O)CN2Cc3cc(N(C)C)c(C(=O)NC)cc3/C2=N/Br)cc(C(C)(C)C)c1OC. The first-order chi connectivity index (χ1) is 17.9. The maximum absolute atomic E-state index is 13.8. The van der Waals surface area contributed by atoms with E-state index in [2.05, 4.69) is 65.0 Å². The van der Waals surface area contributed by atoms with Crippen molar-refractivity contribution in [3.8, 4) is 5.75 Å². The van der Waals surface area contributed by atoms with Crippen LogP contribution < -0.4 is 19.9 Å². The Morgan fingerprint density at radius 1 is 1.11 bits per heavy atom. The number of amidine groups is 1. The third-order valence-electron chi connectivity index (χ3n) is 7.00. The Bertz CT molecular complexity index is 1250. The fraction of sp³-hybridized carbons (Fsp3) is 0.483. The van der Waals surface area contributed by atoms with Gasteiger partial charge < -0.3 is 24.8 Å². The number of nitrogens with one attached hydrogen (secondary N) is 1. The Balaban J connectivity index is 2.04. The number of halogens is 1. The van der Waals surface area contributed by atoms with Gasteiger partial charge in [0.15, 0.2) is 5.78 Å². The first-order valence-corrected chi connectivity index (χ1v) is 13.6. The van der Waals surface area contributed by atoms with Crippen molar-refractivity contribution >= 4 is 45.0 Å². The molecule has 0 aliphatic carbocycles. The molecule has 0 atom stereocenters. The summed E-state index contributed by atoms with van der Waals surface area (Å²) in [5, 5.41) is 2.72. The number of methoxy groups -OCH3 is 1. The maximum atomic E-state index is 13.8. The second kappa shape index (κ2) is 11.8. The number of rotatable bonds is 9. The van der Waals surface area contributed by atoms with Crippen LogP contribution in [0.4, 0.5) is 11.4 Å². The molecule has 3 rings (SSSR count). The van der Waals surface area contributed by atoms with E-state index in [9.17, 15) is 9.59 Å². The molecule has 1 amide bonds. The van der Waals surface area contributed by atoms with E-state index in [0.717, 1.165) is 46.9 Å². The second-order valence-corrected chi connectivity index (χ2v) is 11.0. The summed E-state index contributed by atoms with van der Waals surface area (Å²) in [4.78, 5) is 32.5. The van der Waals surface area contributed by atoms with Gasteiger partial charge in [-0.3, -0.25) is 9.59 Å². The van der Waals surface area contributed by atoms with Crippen LogP contribution in [0.5, 0.6) is 5.75 Å². The maximum Gasteiger partial charge on any atom is 0.253 e. The molecule has 0 fully saturated rings. The van der Waals surface area contributed by atoms with Gasteiger partial charge in [-0.15, -0.1) is 0 Å². The van der Waals surface area contributed by atoms with Crippen LogP contribution in [-0.2, 0) is 12.0 Å². The predicted molar refractivity (Wildman–Crippen MR) is 160 cm³/mol. The molecule has 1 aliphatic heterocycles. The third-order valence-corrected chi connectivity index (χ3v) is 7.33. The molecule has 8 nitrogen and oxygen atoms in total. The van der Waals surface area contributed by atoms with Crippen molar-refractivity contribution in [2.45, 2.75) is 46.6 Å². The van der Waals surface area contributed by atoms with E-state index >= 15 is 0 Å². The van der Waals surface area contributed by atoms with Gasteiger partial charge in [0, 0.05) is 63.2 Å². The molecule has 1 aliphatic rings. The molecule has 0 radical (unpaired) electrons. The van der Waals surface area contributed by atoms with E-state index in [4.69, 9.17) is 4.74 Å². The van der Waals surface area contributed by atoms with Gasteiger partial charge in [-0.2, -0.15) is 4.02 Å². The summed E-state index contributed by atoms with van der Waals surface area (Å²) in [6.07, 6.45) is 0. The Labute approximate surface area is 235 Å². The van der Waals surface area contributed by atoms with Crippen LogP contribution >= 0.6 is 16.1 Å². The van der Waals surface area contributed by atoms with E-state index in [1.807, 2.05) is 48.2 Å². The fourth-order valence-corrected chi connectivity index (χ4v) is 5.36. The number of amides is 1. The molecule has 0 saturated heterocycles. The Hall–Kier alpha value is -3.07. The van der Waals surface area contributed by atoms with Gasteiger partial charge in [0.25, 0.3) is 5.91 Å². The van der Waals surface area contributed by atoms with E-state index in [1.165, 1.54) is 0 Å². The van der Waals surface area contributed by atoms with Crippen molar-refractivity contribution < 1.29 is 14.3 Å². The zero-order valence-electron chi connectivity index (χ0n) is 24.0. The highest BCUT2D eigenvalue weighted by molar-refractivity contribution is 9.08. The number of benzene rings is 2. The molecule has 0 saturated carbocycles. The van der Waals surface area contributed by atoms with Crippen LogP contribution in [0.1, 0.15) is 72.0 Å². The summed E-state index contributed by atoms with van der Waals surface area (Å²) in [7, 11) is 7.13. The van der Waals surface area contributed by atoms with Crippen LogP contribution in [0.2, 0.25) is 0 Å². The average Bonchev–Trinajstić information content (AvgIpc) is 3.22. The van der Waals surface area contributed by atoms with Crippen molar-refractivity contribution in [2.75, 3.05) is 57.7 Å². The van der Waals surface area contributed by atoms with Gasteiger partial charge in [-0.05, 0) is 49.1 Å². The predicted octanol–water partition coefficient (Wildman–Crippen LogP) is 5.02. The topological polar surface area (TPSA) is 77.5 Å². The molecule has 0 bridgehead atoms. The number of nitrogens with zero attached hydrogens (tertiary/aromatic N) is 4. The summed E-state index contributed by atoms with van der Waals surface area (Å²) in [5.74, 6) is 1.27. The van der Waals surface area contributed by atoms with Gasteiger partial charge >= 0.3 is 0 Å². The normalized spacial score (nSPS) is 13.9. The summed E-state index contributed by atoms with van der Waals surface area (Å²) in [5.41, 5.74) is 5.59. The molecule has 2 aromatic rings. The lowest BCUT2D eigenvalue weighted by molar-refractivity contribution is 0.0955. The largest absolute Gasteiger partial charge is 0.494 e. The van der Waals surface area contributed by atoms with Crippen molar-refractivity contribution in [2.24, 2.45) is 4.02 Å². The molecule has 2 aromatic carbocycles. The summed E-state index contributed by atoms with van der Waals surface area (Å²) in [6.45, 7) is 12.9. The highest BCUT2D eigenvalue weighted by Gasteiger charge is 2.31. The number of hydrogen-bond acceptors (Lipinski definition) is 6. The van der Waals surface area contributed by atoms with Crippen LogP contribution in [0.25, 0.3) is 0 Å². The van der Waals surface area contributed by atoms with E-state index in [-0.39, 0.29) is 23.7 Å². The standard InChI is InChI=1S/C29H40BrN5O3/c1-10-34(11-2)24-13-18(12-22(26(24)38-9)29(3,4)5)25(36)17-35-16-19-14-23(33(7)8)21(28(37)31-6)15-20(19)27(35)32-30/h12-15H,10-11,16-17H2,1-9H3,(H,31,37)/b32-27-. The zero-order valence-corrected chi connectivity index (χ0v) is 25.6. The highest BCUT2D eigenvalue weighted by atomic mass is 79.9. The number of hydrogen-bond donors (Lipinski definition) is 1. The van der Waals surface area contributed by atoms with Crippen molar-refractivity contribution in [1.29, 1.82) is 0 Å². The summed E-state index contributed by atoms with van der Waals surface area (Å²) < 4.78 is 10.2. The number of fused-ring (bicyclic) bond motifs is 1. The first-order valence-electron chi connectivity index (χ1n) is 12.9. The van der Waals surface area contributed by atoms with Crippen molar-refractivity contribution in [3.63, 3.8) is 0 Å². The monoisotopic (exact) mass is 585 g/mol. The number of ether oxygens (including phenoxy) is 1. The Morgan fingerprint density at radius 3 is 2.26 bits per heavy atom. The molecular formula is C29H40BrN5O3. The number of anilines is 2. The Morgan fingerprint density at radius 2 is 1.76 bits per heavy atom. The number of ketones is 1. The number of carbonyl (C=O) groups is 2. The first kappa shape index (κ1) is 29.5. The second-order valence-electron chi connectivity index (χ2n) is 10.7. The smallest absolute Gasteiger partial charge is 0.253 e. The lowest BCUT2D eigenvalue weighted by Gasteiger charge is -2.30. The number of Topliss-reactive ketones (excluding diaryl/α,β-unsaturated/α-hetero) is 1. The van der Waals surface area contributed by atoms with Crippen molar-refractivity contribution in [3.05, 3.63) is 52.1 Å². The number of carbonyl (C=O) groups excluding carboxylic acids is 2. The van der Waals surface area contributed by atoms with Gasteiger partial charge in [0.2, 0.25) is 0 Å². The molecule has 1 N–H and O–H groups in total. The quantitative estimate of drug-likeness (QED) is 0.416. The van der Waals surface area contributed by atoms with Gasteiger partial charge in [0.1, 0.15) is 11.6 Å². The molecule has 1 heterocycles. The molecule has 0 aromatic heterocycles. The molecule has 206 valence electrons. The van der Waals surface area contributed by atoms with E-state index in [0.29, 0.717) is 23.5 Å². The molecular weight excluding hydrogens is 546 g/mol. The zero-order chi connectivity index (χ0) is 28.4. The highest BCUT2D eigenvalue weighted by Crippen LogP contribution is 2.40. The summed E-state index contributed by atoms with van der Waals surface area (Å²) >= 11 is 3.27. The summed E-state index contributed by atoms with van der Waals surface area (Å²) in [6, 6.07) is 7.78. The van der Waals surface area contributed by atoms with Crippen LogP contribution in [0.3, 0.4) is 0 Å². The van der Waals surface area contributed by atoms with Crippen LogP contribution in [0.15, 0.2) is 28.3 Å². The minimum absolute atomic E-state index is 0.00706. The minimum atomic E-state index is -0.214. The molecule has 9 heteroatoms. The van der Waals surface area contributed by atoms with Crippen LogP contribution in [-0.4, -0.2) is 70.3 Å². The third kappa shape index (κ3) is 5.67. The molecule has 0 spiro atoms. The minimum Gasteiger partial charge on any atom is -0.494 e. The van der Waals surface area contributed by atoms with E-state index in [1.54, 1.807) is 14.2 Å². The van der Waals surface area contributed by atoms with Crippen molar-refractivity contribution in [1.82, 2.24) is 10.2 Å². The average molecular weight is 587 g/mol. The fourth-order valence-electron chi connectivity index (χ4n) is 4.95. The molecule has 0 unspecified atom stereocenters. The van der Waals surface area contributed by atoms with Gasteiger partial charge in [-0.1, -0.05) is 20.8 Å².